The molecule has 0 unspecified atom stereocenters. The molecule has 1 aliphatic heterocycles. The number of fused-ring (bicyclic) bond motifs is 1. The Kier molecular flexibility index (Phi) is 5.70. The molecule has 8 heteroatoms. The highest BCUT2D eigenvalue weighted by molar-refractivity contribution is 6.17. The van der Waals surface area contributed by atoms with Gasteiger partial charge in [0, 0.05) is 0 Å². The first-order chi connectivity index (χ1) is 15.1. The van der Waals surface area contributed by atoms with Gasteiger partial charge in [-0.15, -0.1) is 0 Å². The number of rotatable bonds is 6. The van der Waals surface area contributed by atoms with E-state index in [0.717, 1.165) is 0 Å². The summed E-state index contributed by atoms with van der Waals surface area (Å²) in [6.07, 6.45) is 1.14. The number of nitrogens with zero attached hydrogens (tertiary/aromatic N) is 1. The molecule has 3 amide bonds. The van der Waals surface area contributed by atoms with Gasteiger partial charge in [0.15, 0.2) is 5.76 Å². The molecule has 3 aromatic rings. The number of amides is 3. The molecule has 0 saturated carbocycles. The van der Waals surface area contributed by atoms with Crippen molar-refractivity contribution in [1.29, 1.82) is 0 Å². The van der Waals surface area contributed by atoms with Gasteiger partial charge in [0.1, 0.15) is 11.8 Å². The summed E-state index contributed by atoms with van der Waals surface area (Å²) < 4.78 is 10.8. The van der Waals surface area contributed by atoms with Crippen LogP contribution in [0.2, 0.25) is 0 Å². The number of benzene rings is 2. The highest BCUT2D eigenvalue weighted by atomic mass is 16.5. The van der Waals surface area contributed by atoms with Crippen molar-refractivity contribution >= 4 is 34.8 Å². The summed E-state index contributed by atoms with van der Waals surface area (Å²) >= 11 is 0. The minimum absolute atomic E-state index is 0.0802. The lowest BCUT2D eigenvalue weighted by atomic mass is 10.0. The molecule has 158 valence electrons. The van der Waals surface area contributed by atoms with Crippen LogP contribution in [0, 0.1) is 0 Å². The van der Waals surface area contributed by atoms with Crippen LogP contribution in [0.5, 0.6) is 5.75 Å². The van der Waals surface area contributed by atoms with Crippen LogP contribution in [0.25, 0.3) is 0 Å². The zero-order valence-corrected chi connectivity index (χ0v) is 16.8. The van der Waals surface area contributed by atoms with Gasteiger partial charge in [-0.25, -0.2) is 0 Å². The molecule has 31 heavy (non-hydrogen) atoms. The zero-order chi connectivity index (χ0) is 21.8. The van der Waals surface area contributed by atoms with Crippen LogP contribution in [0.1, 0.15) is 23.9 Å². The molecule has 0 spiro atoms. The van der Waals surface area contributed by atoms with Crippen LogP contribution in [0.4, 0.5) is 17.1 Å². The number of hydrogen-bond acceptors (Lipinski definition) is 5. The first-order valence-electron chi connectivity index (χ1n) is 9.87. The molecule has 2 heterocycles. The summed E-state index contributed by atoms with van der Waals surface area (Å²) in [5, 5.41) is 5.55. The minimum atomic E-state index is -1.05. The van der Waals surface area contributed by atoms with E-state index in [1.165, 1.54) is 17.2 Å². The fourth-order valence-electron chi connectivity index (χ4n) is 3.47. The summed E-state index contributed by atoms with van der Waals surface area (Å²) in [4.78, 5) is 40.2. The third-order valence-electron chi connectivity index (χ3n) is 4.83. The lowest BCUT2D eigenvalue weighted by Crippen LogP contribution is -2.52. The number of anilines is 3. The van der Waals surface area contributed by atoms with E-state index in [2.05, 4.69) is 10.6 Å². The van der Waals surface area contributed by atoms with Crippen molar-refractivity contribution in [2.24, 2.45) is 0 Å². The Balaban J connectivity index is 1.62. The highest BCUT2D eigenvalue weighted by Crippen LogP contribution is 2.34. The maximum atomic E-state index is 13.2. The number of nitrogens with one attached hydrogen (secondary N) is 2. The third kappa shape index (κ3) is 4.13. The van der Waals surface area contributed by atoms with Crippen molar-refractivity contribution in [2.45, 2.75) is 19.4 Å². The van der Waals surface area contributed by atoms with E-state index in [1.807, 2.05) is 6.92 Å². The van der Waals surface area contributed by atoms with E-state index >= 15 is 0 Å². The number of para-hydroxylation sites is 4. The van der Waals surface area contributed by atoms with Crippen LogP contribution in [-0.2, 0) is 9.59 Å². The van der Waals surface area contributed by atoms with Gasteiger partial charge >= 0.3 is 0 Å². The fraction of sp³-hybridized carbons (Fsp3) is 0.174. The normalized spacial score (nSPS) is 15.1. The summed E-state index contributed by atoms with van der Waals surface area (Å²) in [6.45, 7) is 2.29. The van der Waals surface area contributed by atoms with Gasteiger partial charge in [-0.2, -0.15) is 0 Å². The van der Waals surface area contributed by atoms with E-state index in [4.69, 9.17) is 9.15 Å². The molecular formula is C23H21N3O5. The summed E-state index contributed by atoms with van der Waals surface area (Å²) in [5.74, 6) is -0.771. The number of carbonyl (C=O) groups is 3. The van der Waals surface area contributed by atoms with Gasteiger partial charge in [-0.05, 0) is 43.3 Å². The Bertz CT molecular complexity index is 1110. The lowest BCUT2D eigenvalue weighted by Gasteiger charge is -2.35. The van der Waals surface area contributed by atoms with Gasteiger partial charge in [0.2, 0.25) is 11.8 Å². The number of ether oxygens (including phenoxy) is 1. The lowest BCUT2D eigenvalue weighted by molar-refractivity contribution is -0.122. The van der Waals surface area contributed by atoms with Crippen molar-refractivity contribution in [3.05, 3.63) is 72.7 Å². The van der Waals surface area contributed by atoms with E-state index in [9.17, 15) is 14.4 Å². The second-order valence-electron chi connectivity index (χ2n) is 6.86. The quantitative estimate of drug-likeness (QED) is 0.635. The van der Waals surface area contributed by atoms with Gasteiger partial charge in [-0.1, -0.05) is 24.3 Å². The molecular weight excluding hydrogens is 398 g/mol. The van der Waals surface area contributed by atoms with Gasteiger partial charge in [0.25, 0.3) is 5.91 Å². The van der Waals surface area contributed by atoms with E-state index in [-0.39, 0.29) is 12.2 Å². The second kappa shape index (κ2) is 8.74. The second-order valence-corrected chi connectivity index (χ2v) is 6.86. The fourth-order valence-corrected chi connectivity index (χ4v) is 3.47. The number of furan rings is 1. The van der Waals surface area contributed by atoms with Crippen LogP contribution in [-0.4, -0.2) is 30.4 Å². The van der Waals surface area contributed by atoms with E-state index in [0.29, 0.717) is 29.4 Å². The molecule has 8 nitrogen and oxygen atoms in total. The maximum Gasteiger partial charge on any atom is 0.294 e. The Labute approximate surface area is 178 Å². The molecule has 1 aliphatic rings. The molecule has 0 aliphatic carbocycles. The predicted octanol–water partition coefficient (Wildman–Crippen LogP) is 3.67. The zero-order valence-electron chi connectivity index (χ0n) is 16.8. The SMILES string of the molecule is CCOc1ccccc1NC(=O)C[C@H]1C(=O)Nc2ccccc2N1C(=O)c1ccco1. The summed E-state index contributed by atoms with van der Waals surface area (Å²) in [5.41, 5.74) is 1.48. The molecule has 0 bridgehead atoms. The first kappa shape index (κ1) is 20.2. The van der Waals surface area contributed by atoms with Crippen LogP contribution >= 0.6 is 0 Å². The predicted molar refractivity (Wildman–Crippen MR) is 115 cm³/mol. The number of hydrogen-bond donors (Lipinski definition) is 2. The van der Waals surface area contributed by atoms with Gasteiger partial charge < -0.3 is 19.8 Å². The molecule has 4 rings (SSSR count). The van der Waals surface area contributed by atoms with Crippen molar-refractivity contribution in [3.63, 3.8) is 0 Å². The maximum absolute atomic E-state index is 13.2. The molecule has 2 N–H and O–H groups in total. The summed E-state index contributed by atoms with van der Waals surface area (Å²) in [7, 11) is 0. The van der Waals surface area contributed by atoms with Gasteiger partial charge in [-0.3, -0.25) is 19.3 Å². The first-order valence-corrected chi connectivity index (χ1v) is 9.87. The van der Waals surface area contributed by atoms with E-state index in [1.54, 1.807) is 54.6 Å². The Morgan fingerprint density at radius 1 is 1.10 bits per heavy atom. The third-order valence-corrected chi connectivity index (χ3v) is 4.83. The highest BCUT2D eigenvalue weighted by Gasteiger charge is 2.39. The van der Waals surface area contributed by atoms with Crippen molar-refractivity contribution in [1.82, 2.24) is 0 Å². The van der Waals surface area contributed by atoms with Crippen molar-refractivity contribution in [2.75, 3.05) is 22.1 Å². The monoisotopic (exact) mass is 419 g/mol. The van der Waals surface area contributed by atoms with Crippen molar-refractivity contribution < 1.29 is 23.5 Å². The van der Waals surface area contributed by atoms with Crippen LogP contribution in [0.3, 0.4) is 0 Å². The smallest absolute Gasteiger partial charge is 0.294 e. The average molecular weight is 419 g/mol. The standard InChI is InChI=1S/C23H21N3O5/c1-2-30-19-11-6-4-9-16(19)24-21(27)14-18-22(28)25-15-8-3-5-10-17(15)26(18)23(29)20-12-7-13-31-20/h3-13,18H,2,14H2,1H3,(H,24,27)(H,25,28)/t18-/m0/s1. The minimum Gasteiger partial charge on any atom is -0.492 e. The van der Waals surface area contributed by atoms with Crippen LogP contribution < -0.4 is 20.3 Å². The van der Waals surface area contributed by atoms with E-state index < -0.39 is 23.8 Å². The Morgan fingerprint density at radius 3 is 2.65 bits per heavy atom. The number of carbonyl (C=O) groups excluding carboxylic acids is 3. The Hall–Kier alpha value is -4.07. The van der Waals surface area contributed by atoms with Crippen molar-refractivity contribution in [3.8, 4) is 5.75 Å². The molecule has 2 aromatic carbocycles. The molecule has 1 atom stereocenters. The molecule has 0 fully saturated rings. The molecule has 1 aromatic heterocycles. The molecule has 0 saturated heterocycles. The summed E-state index contributed by atoms with van der Waals surface area (Å²) in [6, 6.07) is 16.0. The Morgan fingerprint density at radius 2 is 1.87 bits per heavy atom. The average Bonchev–Trinajstić information content (AvgIpc) is 3.30. The molecule has 0 radical (unpaired) electrons. The van der Waals surface area contributed by atoms with Gasteiger partial charge in [0.05, 0.1) is 36.4 Å². The van der Waals surface area contributed by atoms with Crippen LogP contribution in [0.15, 0.2) is 71.3 Å². The topological polar surface area (TPSA) is 101 Å². The largest absolute Gasteiger partial charge is 0.492 e.